The summed E-state index contributed by atoms with van der Waals surface area (Å²) in [5, 5.41) is 3.49. The Labute approximate surface area is 115 Å². The van der Waals surface area contributed by atoms with E-state index in [0.717, 1.165) is 24.2 Å². The van der Waals surface area contributed by atoms with Gasteiger partial charge in [-0.25, -0.2) is 0 Å². The van der Waals surface area contributed by atoms with E-state index in [1.54, 1.807) is 0 Å². The molecule has 1 aliphatic carbocycles. The van der Waals surface area contributed by atoms with Gasteiger partial charge in [-0.05, 0) is 51.3 Å². The van der Waals surface area contributed by atoms with E-state index < -0.39 is 0 Å². The lowest BCUT2D eigenvalue weighted by molar-refractivity contribution is 0.0728. The van der Waals surface area contributed by atoms with E-state index in [4.69, 9.17) is 0 Å². The van der Waals surface area contributed by atoms with E-state index in [-0.39, 0.29) is 5.91 Å². The van der Waals surface area contributed by atoms with Crippen molar-refractivity contribution in [2.45, 2.75) is 44.7 Å². The van der Waals surface area contributed by atoms with E-state index in [0.29, 0.717) is 12.1 Å². The molecule has 0 bridgehead atoms. The van der Waals surface area contributed by atoms with Crippen LogP contribution in [-0.4, -0.2) is 36.0 Å². The van der Waals surface area contributed by atoms with E-state index in [2.05, 4.69) is 10.2 Å². The summed E-state index contributed by atoms with van der Waals surface area (Å²) in [5.74, 6) is 0.208. The molecule has 2 aliphatic rings. The summed E-state index contributed by atoms with van der Waals surface area (Å²) < 4.78 is 0. The van der Waals surface area contributed by atoms with Crippen LogP contribution >= 0.6 is 0 Å². The van der Waals surface area contributed by atoms with Crippen molar-refractivity contribution in [1.29, 1.82) is 0 Å². The Kier molecular flexibility index (Phi) is 3.56. The van der Waals surface area contributed by atoms with Crippen LogP contribution in [-0.2, 0) is 0 Å². The quantitative estimate of drug-likeness (QED) is 0.899. The fourth-order valence-corrected chi connectivity index (χ4v) is 2.88. The minimum atomic E-state index is 0.208. The molecule has 1 aromatic rings. The van der Waals surface area contributed by atoms with Gasteiger partial charge in [0.1, 0.15) is 0 Å². The largest absolute Gasteiger partial charge is 0.334 e. The van der Waals surface area contributed by atoms with Crippen LogP contribution in [0.1, 0.15) is 41.6 Å². The van der Waals surface area contributed by atoms with Gasteiger partial charge in [0.2, 0.25) is 0 Å². The second-order valence-electron chi connectivity index (χ2n) is 5.85. The summed E-state index contributed by atoms with van der Waals surface area (Å²) in [5.41, 5.74) is 1.99. The number of hydrogen-bond donors (Lipinski definition) is 1. The molecule has 0 aromatic heterocycles. The first kappa shape index (κ1) is 12.7. The lowest BCUT2D eigenvalue weighted by Crippen LogP contribution is -2.42. The first-order chi connectivity index (χ1) is 9.24. The molecule has 3 rings (SSSR count). The number of nitrogens with zero attached hydrogens (tertiary/aromatic N) is 1. The van der Waals surface area contributed by atoms with Crippen LogP contribution in [0.25, 0.3) is 0 Å². The van der Waals surface area contributed by atoms with Gasteiger partial charge in [-0.15, -0.1) is 0 Å². The maximum atomic E-state index is 12.7. The molecule has 0 radical (unpaired) electrons. The van der Waals surface area contributed by atoms with Crippen LogP contribution in [0.4, 0.5) is 0 Å². The molecule has 1 heterocycles. The molecule has 0 spiro atoms. The highest BCUT2D eigenvalue weighted by Crippen LogP contribution is 2.29. The van der Waals surface area contributed by atoms with Crippen molar-refractivity contribution in [1.82, 2.24) is 10.2 Å². The summed E-state index contributed by atoms with van der Waals surface area (Å²) in [7, 11) is 0. The van der Waals surface area contributed by atoms with Crippen LogP contribution in [0.3, 0.4) is 0 Å². The van der Waals surface area contributed by atoms with Crippen molar-refractivity contribution in [2.75, 3.05) is 13.1 Å². The minimum absolute atomic E-state index is 0.208. The first-order valence-corrected chi connectivity index (χ1v) is 7.35. The SMILES string of the molecule is Cc1cccc(C(=O)N(CC2CCCN2)C2CC2)c1. The van der Waals surface area contributed by atoms with Gasteiger partial charge in [0.25, 0.3) is 5.91 Å². The Balaban J connectivity index is 1.73. The lowest BCUT2D eigenvalue weighted by atomic mass is 10.1. The van der Waals surface area contributed by atoms with E-state index in [1.807, 2.05) is 31.2 Å². The molecule has 1 N–H and O–H groups in total. The van der Waals surface area contributed by atoms with Gasteiger partial charge < -0.3 is 10.2 Å². The number of benzene rings is 1. The summed E-state index contributed by atoms with van der Waals surface area (Å²) in [6.45, 7) is 4.01. The smallest absolute Gasteiger partial charge is 0.254 e. The van der Waals surface area contributed by atoms with Gasteiger partial charge in [0, 0.05) is 24.2 Å². The average Bonchev–Trinajstić information content (AvgIpc) is 3.12. The number of hydrogen-bond acceptors (Lipinski definition) is 2. The second-order valence-corrected chi connectivity index (χ2v) is 5.85. The molecule has 1 unspecified atom stereocenters. The van der Waals surface area contributed by atoms with Crippen LogP contribution in [0.15, 0.2) is 24.3 Å². The van der Waals surface area contributed by atoms with Crippen LogP contribution < -0.4 is 5.32 Å². The maximum Gasteiger partial charge on any atom is 0.254 e. The van der Waals surface area contributed by atoms with E-state index in [1.165, 1.54) is 25.7 Å². The average molecular weight is 258 g/mol. The summed E-state index contributed by atoms with van der Waals surface area (Å²) >= 11 is 0. The highest BCUT2D eigenvalue weighted by Gasteiger charge is 2.34. The van der Waals surface area contributed by atoms with Crippen LogP contribution in [0.5, 0.6) is 0 Å². The molecule has 1 atom stereocenters. The van der Waals surface area contributed by atoms with Crippen molar-refractivity contribution >= 4 is 5.91 Å². The van der Waals surface area contributed by atoms with Gasteiger partial charge in [-0.2, -0.15) is 0 Å². The summed E-state index contributed by atoms with van der Waals surface area (Å²) in [4.78, 5) is 14.8. The Morgan fingerprint density at radius 3 is 2.84 bits per heavy atom. The molecule has 1 aromatic carbocycles. The van der Waals surface area contributed by atoms with Gasteiger partial charge in [-0.3, -0.25) is 4.79 Å². The molecular formula is C16H22N2O. The lowest BCUT2D eigenvalue weighted by Gasteiger charge is -2.26. The molecule has 3 nitrogen and oxygen atoms in total. The number of carbonyl (C=O) groups is 1. The van der Waals surface area contributed by atoms with Gasteiger partial charge >= 0.3 is 0 Å². The zero-order valence-electron chi connectivity index (χ0n) is 11.6. The normalized spacial score (nSPS) is 22.5. The maximum absolute atomic E-state index is 12.7. The Morgan fingerprint density at radius 1 is 1.37 bits per heavy atom. The van der Waals surface area contributed by atoms with Crippen molar-refractivity contribution < 1.29 is 4.79 Å². The molecule has 1 saturated heterocycles. The molecule has 102 valence electrons. The summed E-state index contributed by atoms with van der Waals surface area (Å²) in [6, 6.07) is 8.93. The first-order valence-electron chi connectivity index (χ1n) is 7.35. The molecule has 1 amide bonds. The van der Waals surface area contributed by atoms with Gasteiger partial charge in [0.05, 0.1) is 0 Å². The van der Waals surface area contributed by atoms with Crippen molar-refractivity contribution in [3.63, 3.8) is 0 Å². The molecule has 1 saturated carbocycles. The zero-order valence-corrected chi connectivity index (χ0v) is 11.6. The Hall–Kier alpha value is -1.35. The van der Waals surface area contributed by atoms with Crippen molar-refractivity contribution in [3.8, 4) is 0 Å². The molecule has 3 heteroatoms. The topological polar surface area (TPSA) is 32.3 Å². The highest BCUT2D eigenvalue weighted by molar-refractivity contribution is 5.94. The Morgan fingerprint density at radius 2 is 2.21 bits per heavy atom. The number of nitrogens with one attached hydrogen (secondary N) is 1. The fourth-order valence-electron chi connectivity index (χ4n) is 2.88. The van der Waals surface area contributed by atoms with Crippen molar-refractivity contribution in [2.24, 2.45) is 0 Å². The third-order valence-corrected chi connectivity index (χ3v) is 4.09. The third-order valence-electron chi connectivity index (χ3n) is 4.09. The predicted molar refractivity (Wildman–Crippen MR) is 76.3 cm³/mol. The Bertz CT molecular complexity index is 462. The number of aryl methyl sites for hydroxylation is 1. The second kappa shape index (κ2) is 5.33. The predicted octanol–water partition coefficient (Wildman–Crippen LogP) is 2.35. The number of amides is 1. The van der Waals surface area contributed by atoms with Gasteiger partial charge in [-0.1, -0.05) is 17.7 Å². The molecule has 19 heavy (non-hydrogen) atoms. The third kappa shape index (κ3) is 2.98. The van der Waals surface area contributed by atoms with Crippen LogP contribution in [0, 0.1) is 6.92 Å². The standard InChI is InChI=1S/C16H22N2O/c1-12-4-2-5-13(10-12)16(19)18(15-7-8-15)11-14-6-3-9-17-14/h2,4-5,10,14-15,17H,3,6-9,11H2,1H3. The minimum Gasteiger partial charge on any atom is -0.334 e. The fraction of sp³-hybridized carbons (Fsp3) is 0.562. The van der Waals surface area contributed by atoms with E-state index in [9.17, 15) is 4.79 Å². The van der Waals surface area contributed by atoms with E-state index >= 15 is 0 Å². The van der Waals surface area contributed by atoms with Crippen molar-refractivity contribution in [3.05, 3.63) is 35.4 Å². The van der Waals surface area contributed by atoms with Crippen LogP contribution in [0.2, 0.25) is 0 Å². The number of carbonyl (C=O) groups excluding carboxylic acids is 1. The zero-order chi connectivity index (χ0) is 13.2. The molecule has 2 fully saturated rings. The monoisotopic (exact) mass is 258 g/mol. The van der Waals surface area contributed by atoms with Gasteiger partial charge in [0.15, 0.2) is 0 Å². The summed E-state index contributed by atoms with van der Waals surface area (Å²) in [6.07, 6.45) is 4.78. The highest BCUT2D eigenvalue weighted by atomic mass is 16.2. The molecule has 1 aliphatic heterocycles. The molecular weight excluding hydrogens is 236 g/mol. The number of rotatable bonds is 4.